The van der Waals surface area contributed by atoms with Gasteiger partial charge in [-0.1, -0.05) is 20.8 Å². The van der Waals surface area contributed by atoms with E-state index in [0.29, 0.717) is 19.5 Å². The summed E-state index contributed by atoms with van der Waals surface area (Å²) >= 11 is 0. The molecule has 0 saturated carbocycles. The second-order valence-corrected chi connectivity index (χ2v) is 4.34. The number of hydrogen-bond donors (Lipinski definition) is 0. The van der Waals surface area contributed by atoms with E-state index in [4.69, 9.17) is 0 Å². The Hall–Kier alpha value is -0.0900. The van der Waals surface area contributed by atoms with Gasteiger partial charge in [0.15, 0.2) is 0 Å². The van der Waals surface area contributed by atoms with Crippen molar-refractivity contribution in [1.82, 2.24) is 4.31 Å². The van der Waals surface area contributed by atoms with Crippen molar-refractivity contribution in [3.05, 3.63) is 6.92 Å². The third kappa shape index (κ3) is 3.20. The summed E-state index contributed by atoms with van der Waals surface area (Å²) in [5.41, 5.74) is 0. The molecular formula is C7H16NO2S. The van der Waals surface area contributed by atoms with E-state index in [1.54, 1.807) is 0 Å². The van der Waals surface area contributed by atoms with Gasteiger partial charge in [0, 0.05) is 13.1 Å². The van der Waals surface area contributed by atoms with Gasteiger partial charge in [-0.3, -0.25) is 0 Å². The van der Waals surface area contributed by atoms with Gasteiger partial charge >= 0.3 is 0 Å². The third-order valence-corrected chi connectivity index (χ3v) is 3.61. The average Bonchev–Trinajstić information content (AvgIpc) is 1.89. The van der Waals surface area contributed by atoms with Crippen LogP contribution in [0.1, 0.15) is 20.3 Å². The van der Waals surface area contributed by atoms with E-state index in [-0.39, 0.29) is 5.75 Å². The van der Waals surface area contributed by atoms with Crippen molar-refractivity contribution >= 4 is 10.0 Å². The topological polar surface area (TPSA) is 37.4 Å². The van der Waals surface area contributed by atoms with Crippen LogP contribution < -0.4 is 0 Å². The molecule has 11 heavy (non-hydrogen) atoms. The molecular weight excluding hydrogens is 162 g/mol. The Kier molecular flexibility index (Phi) is 4.68. The van der Waals surface area contributed by atoms with Crippen LogP contribution in [0.4, 0.5) is 0 Å². The zero-order valence-electron chi connectivity index (χ0n) is 7.21. The minimum Gasteiger partial charge on any atom is -0.212 e. The molecule has 1 radical (unpaired) electrons. The molecule has 0 saturated heterocycles. The molecule has 0 aromatic heterocycles. The molecule has 4 heteroatoms. The van der Waals surface area contributed by atoms with E-state index in [1.807, 2.05) is 13.8 Å². The molecule has 0 amide bonds. The lowest BCUT2D eigenvalue weighted by molar-refractivity contribution is 0.445. The number of rotatable bonds is 5. The van der Waals surface area contributed by atoms with Gasteiger partial charge in [0.1, 0.15) is 0 Å². The fourth-order valence-electron chi connectivity index (χ4n) is 0.928. The van der Waals surface area contributed by atoms with Crippen LogP contribution in [0.2, 0.25) is 0 Å². The van der Waals surface area contributed by atoms with E-state index < -0.39 is 10.0 Å². The summed E-state index contributed by atoms with van der Waals surface area (Å²) in [6.45, 7) is 8.30. The standard InChI is InChI=1S/C7H16NO2S/c1-4-7-11(9,10)8(5-2)6-3/h1,4-7H2,2-3H3. The van der Waals surface area contributed by atoms with Crippen LogP contribution in [0.3, 0.4) is 0 Å². The van der Waals surface area contributed by atoms with E-state index in [2.05, 4.69) is 6.92 Å². The fourth-order valence-corrected chi connectivity index (χ4v) is 2.34. The molecule has 0 aromatic carbocycles. The first-order valence-corrected chi connectivity index (χ1v) is 5.46. The average molecular weight is 178 g/mol. The van der Waals surface area contributed by atoms with Gasteiger partial charge in [0.05, 0.1) is 5.75 Å². The largest absolute Gasteiger partial charge is 0.214 e. The van der Waals surface area contributed by atoms with Crippen molar-refractivity contribution in [2.24, 2.45) is 0 Å². The normalized spacial score (nSPS) is 12.4. The lowest BCUT2D eigenvalue weighted by Crippen LogP contribution is -2.32. The van der Waals surface area contributed by atoms with Gasteiger partial charge < -0.3 is 0 Å². The summed E-state index contributed by atoms with van der Waals surface area (Å²) in [6, 6.07) is 0. The summed E-state index contributed by atoms with van der Waals surface area (Å²) in [5, 5.41) is 0. The summed E-state index contributed by atoms with van der Waals surface area (Å²) in [5.74, 6) is 0.161. The zero-order valence-corrected chi connectivity index (χ0v) is 8.02. The molecule has 0 N–H and O–H groups in total. The second kappa shape index (κ2) is 4.72. The Labute approximate surface area is 69.4 Å². The van der Waals surface area contributed by atoms with Gasteiger partial charge in [-0.2, -0.15) is 0 Å². The predicted molar refractivity (Wildman–Crippen MR) is 46.7 cm³/mol. The van der Waals surface area contributed by atoms with Crippen LogP contribution in [-0.4, -0.2) is 31.6 Å². The Bertz CT molecular complexity index is 183. The number of hydrogen-bond acceptors (Lipinski definition) is 2. The van der Waals surface area contributed by atoms with Crippen LogP contribution >= 0.6 is 0 Å². The molecule has 0 heterocycles. The van der Waals surface area contributed by atoms with Crippen LogP contribution in [0.15, 0.2) is 0 Å². The van der Waals surface area contributed by atoms with Gasteiger partial charge in [-0.15, -0.1) is 0 Å². The fraction of sp³-hybridized carbons (Fsp3) is 0.857. The van der Waals surface area contributed by atoms with E-state index in [1.165, 1.54) is 4.31 Å². The van der Waals surface area contributed by atoms with Gasteiger partial charge in [-0.05, 0) is 6.42 Å². The van der Waals surface area contributed by atoms with Crippen molar-refractivity contribution in [2.45, 2.75) is 20.3 Å². The molecule has 0 aliphatic rings. The quantitative estimate of drug-likeness (QED) is 0.627. The van der Waals surface area contributed by atoms with Crippen LogP contribution in [0, 0.1) is 6.92 Å². The minimum atomic E-state index is -3.00. The van der Waals surface area contributed by atoms with Gasteiger partial charge in [0.2, 0.25) is 10.0 Å². The summed E-state index contributed by atoms with van der Waals surface area (Å²) in [7, 11) is -3.00. The highest BCUT2D eigenvalue weighted by molar-refractivity contribution is 7.89. The molecule has 0 bridgehead atoms. The number of nitrogens with zero attached hydrogens (tertiary/aromatic N) is 1. The molecule has 0 atom stereocenters. The molecule has 0 aliphatic carbocycles. The summed E-state index contributed by atoms with van der Waals surface area (Å²) in [6.07, 6.45) is 0.443. The second-order valence-electron chi connectivity index (χ2n) is 2.25. The van der Waals surface area contributed by atoms with Crippen LogP contribution in [-0.2, 0) is 10.0 Å². The lowest BCUT2D eigenvalue weighted by Gasteiger charge is -2.17. The highest BCUT2D eigenvalue weighted by Gasteiger charge is 2.16. The van der Waals surface area contributed by atoms with Gasteiger partial charge in [0.25, 0.3) is 0 Å². The molecule has 0 rings (SSSR count). The Morgan fingerprint density at radius 1 is 1.27 bits per heavy atom. The zero-order chi connectivity index (χ0) is 8.91. The Morgan fingerprint density at radius 2 is 1.73 bits per heavy atom. The highest BCUT2D eigenvalue weighted by Crippen LogP contribution is 2.01. The molecule has 0 aromatic rings. The Balaban J connectivity index is 4.26. The van der Waals surface area contributed by atoms with Crippen molar-refractivity contribution in [2.75, 3.05) is 18.8 Å². The van der Waals surface area contributed by atoms with Crippen molar-refractivity contribution in [3.8, 4) is 0 Å². The van der Waals surface area contributed by atoms with Crippen molar-refractivity contribution in [1.29, 1.82) is 0 Å². The lowest BCUT2D eigenvalue weighted by atomic mass is 10.6. The molecule has 3 nitrogen and oxygen atoms in total. The monoisotopic (exact) mass is 178 g/mol. The van der Waals surface area contributed by atoms with E-state index >= 15 is 0 Å². The molecule has 0 aliphatic heterocycles. The highest BCUT2D eigenvalue weighted by atomic mass is 32.2. The predicted octanol–water partition coefficient (Wildman–Crippen LogP) is 0.882. The minimum absolute atomic E-state index is 0.161. The van der Waals surface area contributed by atoms with E-state index in [0.717, 1.165) is 0 Å². The maximum Gasteiger partial charge on any atom is 0.214 e. The van der Waals surface area contributed by atoms with Crippen molar-refractivity contribution in [3.63, 3.8) is 0 Å². The first-order valence-electron chi connectivity index (χ1n) is 3.85. The smallest absolute Gasteiger partial charge is 0.212 e. The molecule has 0 fully saturated rings. The summed E-state index contributed by atoms with van der Waals surface area (Å²) in [4.78, 5) is 0. The maximum atomic E-state index is 11.3. The summed E-state index contributed by atoms with van der Waals surface area (Å²) < 4.78 is 24.0. The Morgan fingerprint density at radius 3 is 2.00 bits per heavy atom. The maximum absolute atomic E-state index is 11.3. The van der Waals surface area contributed by atoms with Crippen molar-refractivity contribution < 1.29 is 8.42 Å². The molecule has 0 spiro atoms. The SMILES string of the molecule is [CH2]CCS(=O)(=O)N(CC)CC. The molecule has 67 valence electrons. The van der Waals surface area contributed by atoms with E-state index in [9.17, 15) is 8.42 Å². The van der Waals surface area contributed by atoms with Gasteiger partial charge in [-0.25, -0.2) is 12.7 Å². The first-order chi connectivity index (χ1) is 5.08. The van der Waals surface area contributed by atoms with Crippen LogP contribution in [0.25, 0.3) is 0 Å². The first kappa shape index (κ1) is 10.9. The molecule has 0 unspecified atom stereocenters. The number of sulfonamides is 1. The third-order valence-electron chi connectivity index (χ3n) is 1.50. The van der Waals surface area contributed by atoms with Crippen LogP contribution in [0.5, 0.6) is 0 Å².